The van der Waals surface area contributed by atoms with E-state index in [9.17, 15) is 8.42 Å². The highest BCUT2D eigenvalue weighted by molar-refractivity contribution is 7.85. The van der Waals surface area contributed by atoms with Crippen LogP contribution in [-0.4, -0.2) is 18.7 Å². The third kappa shape index (κ3) is 2.48. The number of hydrogen-bond donors (Lipinski definition) is 1. The first-order valence-electron chi connectivity index (χ1n) is 3.34. The lowest BCUT2D eigenvalue weighted by Gasteiger charge is -2.01. The highest BCUT2D eigenvalue weighted by atomic mass is 32.2. The molecule has 0 bridgehead atoms. The highest BCUT2D eigenvalue weighted by Crippen LogP contribution is 2.48. The lowest BCUT2D eigenvalue weighted by Crippen LogP contribution is -2.09. The summed E-state index contributed by atoms with van der Waals surface area (Å²) in [5, 5.41) is 8.53. The Balaban J connectivity index is 2.41. The molecule has 0 aliphatic heterocycles. The summed E-state index contributed by atoms with van der Waals surface area (Å²) in [6, 6.07) is 2.05. The van der Waals surface area contributed by atoms with Gasteiger partial charge >= 0.3 is 0 Å². The van der Waals surface area contributed by atoms with E-state index >= 15 is 0 Å². The van der Waals surface area contributed by atoms with Gasteiger partial charge in [-0.15, -0.1) is 0 Å². The van der Waals surface area contributed by atoms with E-state index < -0.39 is 15.5 Å². The maximum Gasteiger partial charge on any atom is 0.264 e. The van der Waals surface area contributed by atoms with E-state index in [1.54, 1.807) is 0 Å². The van der Waals surface area contributed by atoms with Gasteiger partial charge in [-0.05, 0) is 19.3 Å². The van der Waals surface area contributed by atoms with Gasteiger partial charge in [-0.25, -0.2) is 0 Å². The third-order valence-electron chi connectivity index (χ3n) is 1.93. The standard InChI is InChI=1S/C6H9NO3S/c7-5-6(1-2-6)3-4-11(8,9)10/h1-4H2,(H,8,9,10). The average molecular weight is 175 g/mol. The largest absolute Gasteiger partial charge is 0.286 e. The second-order valence-corrected chi connectivity index (χ2v) is 4.50. The fraction of sp³-hybridized carbons (Fsp3) is 0.833. The van der Waals surface area contributed by atoms with Gasteiger partial charge in [0.25, 0.3) is 10.1 Å². The topological polar surface area (TPSA) is 78.2 Å². The maximum atomic E-state index is 10.3. The molecular formula is C6H9NO3S. The predicted octanol–water partition coefficient (Wildman–Crippen LogP) is 0.568. The molecule has 0 heterocycles. The third-order valence-corrected chi connectivity index (χ3v) is 2.65. The van der Waals surface area contributed by atoms with E-state index in [0.717, 1.165) is 12.8 Å². The Morgan fingerprint density at radius 1 is 1.55 bits per heavy atom. The van der Waals surface area contributed by atoms with Crippen molar-refractivity contribution in [1.29, 1.82) is 5.26 Å². The summed E-state index contributed by atoms with van der Waals surface area (Å²) in [5.74, 6) is -0.291. The Bertz CT molecular complexity index is 283. The molecule has 0 unspecified atom stereocenters. The summed E-state index contributed by atoms with van der Waals surface area (Å²) in [4.78, 5) is 0. The molecule has 1 aliphatic carbocycles. The smallest absolute Gasteiger partial charge is 0.264 e. The molecule has 0 atom stereocenters. The molecule has 1 fully saturated rings. The first-order valence-corrected chi connectivity index (χ1v) is 4.95. The van der Waals surface area contributed by atoms with Crippen LogP contribution in [0, 0.1) is 16.7 Å². The first kappa shape index (κ1) is 8.50. The molecule has 0 amide bonds. The average Bonchev–Trinajstić information content (AvgIpc) is 2.63. The van der Waals surface area contributed by atoms with Crippen LogP contribution >= 0.6 is 0 Å². The maximum absolute atomic E-state index is 10.3. The Labute approximate surface area is 65.6 Å². The van der Waals surface area contributed by atoms with Crippen molar-refractivity contribution in [2.45, 2.75) is 19.3 Å². The quantitative estimate of drug-likeness (QED) is 0.636. The van der Waals surface area contributed by atoms with Gasteiger partial charge in [-0.3, -0.25) is 4.55 Å². The number of rotatable bonds is 3. The molecule has 1 N–H and O–H groups in total. The van der Waals surface area contributed by atoms with Crippen LogP contribution < -0.4 is 0 Å². The summed E-state index contributed by atoms with van der Waals surface area (Å²) in [7, 11) is -3.88. The molecule has 1 aliphatic rings. The fourth-order valence-electron chi connectivity index (χ4n) is 0.893. The van der Waals surface area contributed by atoms with Gasteiger partial charge in [-0.2, -0.15) is 13.7 Å². The number of hydrogen-bond acceptors (Lipinski definition) is 3. The second kappa shape index (κ2) is 2.47. The van der Waals surface area contributed by atoms with Crippen molar-refractivity contribution in [2.24, 2.45) is 5.41 Å². The summed E-state index contributed by atoms with van der Waals surface area (Å²) in [5.41, 5.74) is -0.435. The Hall–Kier alpha value is -0.600. The van der Waals surface area contributed by atoms with Crippen molar-refractivity contribution < 1.29 is 13.0 Å². The molecule has 1 saturated carbocycles. The van der Waals surface area contributed by atoms with Crippen LogP contribution in [0.5, 0.6) is 0 Å². The van der Waals surface area contributed by atoms with E-state index in [4.69, 9.17) is 9.81 Å². The SMILES string of the molecule is N#CC1(CCS(=O)(=O)O)CC1. The molecule has 0 radical (unpaired) electrons. The Morgan fingerprint density at radius 2 is 2.09 bits per heavy atom. The minimum atomic E-state index is -3.88. The number of nitrogens with zero attached hydrogens (tertiary/aromatic N) is 1. The van der Waals surface area contributed by atoms with Crippen LogP contribution in [0.25, 0.3) is 0 Å². The van der Waals surface area contributed by atoms with E-state index in [1.165, 1.54) is 0 Å². The van der Waals surface area contributed by atoms with Crippen LogP contribution in [-0.2, 0) is 10.1 Å². The minimum Gasteiger partial charge on any atom is -0.286 e. The van der Waals surface area contributed by atoms with Crippen molar-refractivity contribution in [3.05, 3.63) is 0 Å². The van der Waals surface area contributed by atoms with Crippen molar-refractivity contribution in [3.63, 3.8) is 0 Å². The van der Waals surface area contributed by atoms with Crippen molar-refractivity contribution in [3.8, 4) is 6.07 Å². The summed E-state index contributed by atoms with van der Waals surface area (Å²) >= 11 is 0. The summed E-state index contributed by atoms with van der Waals surface area (Å²) < 4.78 is 28.9. The molecule has 0 spiro atoms. The molecule has 0 aromatic rings. The van der Waals surface area contributed by atoms with Crippen LogP contribution in [0.4, 0.5) is 0 Å². The van der Waals surface area contributed by atoms with Crippen LogP contribution in [0.1, 0.15) is 19.3 Å². The molecule has 0 saturated heterocycles. The lowest BCUT2D eigenvalue weighted by molar-refractivity contribution is 0.474. The van der Waals surface area contributed by atoms with Gasteiger partial charge in [0.1, 0.15) is 0 Å². The van der Waals surface area contributed by atoms with E-state index in [1.807, 2.05) is 6.07 Å². The van der Waals surface area contributed by atoms with Crippen molar-refractivity contribution in [2.75, 3.05) is 5.75 Å². The zero-order valence-electron chi connectivity index (χ0n) is 5.95. The predicted molar refractivity (Wildman–Crippen MR) is 38.3 cm³/mol. The lowest BCUT2D eigenvalue weighted by atomic mass is 10.1. The van der Waals surface area contributed by atoms with Gasteiger partial charge in [0, 0.05) is 0 Å². The van der Waals surface area contributed by atoms with Crippen molar-refractivity contribution >= 4 is 10.1 Å². The molecule has 1 rings (SSSR count). The van der Waals surface area contributed by atoms with E-state index in [0.29, 0.717) is 0 Å². The fourth-order valence-corrected chi connectivity index (χ4v) is 1.54. The molecule has 62 valence electrons. The monoisotopic (exact) mass is 175 g/mol. The Morgan fingerprint density at radius 3 is 2.36 bits per heavy atom. The summed E-state index contributed by atoms with van der Waals surface area (Å²) in [6.07, 6.45) is 1.79. The van der Waals surface area contributed by atoms with E-state index in [2.05, 4.69) is 0 Å². The highest BCUT2D eigenvalue weighted by Gasteiger charge is 2.43. The van der Waals surface area contributed by atoms with Gasteiger partial charge < -0.3 is 0 Å². The van der Waals surface area contributed by atoms with Crippen LogP contribution in [0.15, 0.2) is 0 Å². The van der Waals surface area contributed by atoms with Crippen LogP contribution in [0.2, 0.25) is 0 Å². The molecule has 0 aromatic carbocycles. The molecular weight excluding hydrogens is 166 g/mol. The molecule has 5 heteroatoms. The molecule has 11 heavy (non-hydrogen) atoms. The Kier molecular flexibility index (Phi) is 1.90. The second-order valence-electron chi connectivity index (χ2n) is 2.93. The minimum absolute atomic E-state index is 0.266. The molecule has 0 aromatic heterocycles. The van der Waals surface area contributed by atoms with Gasteiger partial charge in [0.15, 0.2) is 0 Å². The zero-order valence-corrected chi connectivity index (χ0v) is 6.76. The zero-order chi connectivity index (χ0) is 8.54. The first-order chi connectivity index (χ1) is 4.97. The van der Waals surface area contributed by atoms with Gasteiger partial charge in [0.05, 0.1) is 17.2 Å². The molecule has 4 nitrogen and oxygen atoms in total. The summed E-state index contributed by atoms with van der Waals surface area (Å²) in [6.45, 7) is 0. The van der Waals surface area contributed by atoms with Crippen molar-refractivity contribution in [1.82, 2.24) is 0 Å². The van der Waals surface area contributed by atoms with Gasteiger partial charge in [0.2, 0.25) is 0 Å². The van der Waals surface area contributed by atoms with Gasteiger partial charge in [-0.1, -0.05) is 0 Å². The normalized spacial score (nSPS) is 20.7. The van der Waals surface area contributed by atoms with Crippen LogP contribution in [0.3, 0.4) is 0 Å². The number of nitriles is 1. The van der Waals surface area contributed by atoms with E-state index in [-0.39, 0.29) is 12.2 Å².